The second-order valence-electron chi connectivity index (χ2n) is 7.31. The van der Waals surface area contributed by atoms with Gasteiger partial charge in [-0.2, -0.15) is 16.8 Å². The van der Waals surface area contributed by atoms with Crippen LogP contribution in [0.25, 0.3) is 0 Å². The monoisotopic (exact) mass is 528 g/mol. The normalized spacial score (nSPS) is 21.4. The number of rotatable bonds is 11. The second kappa shape index (κ2) is 10.5. The van der Waals surface area contributed by atoms with Crippen molar-refractivity contribution in [3.05, 3.63) is 0 Å². The number of hydroxylamine groups is 4. The molecule has 0 bridgehead atoms. The Kier molecular flexibility index (Phi) is 8.45. The molecule has 2 aliphatic rings. The van der Waals surface area contributed by atoms with E-state index in [1.807, 2.05) is 0 Å². The lowest BCUT2D eigenvalue weighted by molar-refractivity contribution is -0.197. The first-order valence-corrected chi connectivity index (χ1v) is 12.7. The third-order valence-corrected chi connectivity index (χ3v) is 6.92. The van der Waals surface area contributed by atoms with Gasteiger partial charge in [-0.3, -0.25) is 28.3 Å². The van der Waals surface area contributed by atoms with Crippen molar-refractivity contribution in [1.29, 1.82) is 0 Å². The van der Waals surface area contributed by atoms with Crippen LogP contribution in [0.15, 0.2) is 0 Å². The van der Waals surface area contributed by atoms with E-state index in [-0.39, 0.29) is 35.8 Å². The van der Waals surface area contributed by atoms with Crippen molar-refractivity contribution in [2.45, 2.75) is 61.9 Å². The van der Waals surface area contributed by atoms with Gasteiger partial charge in [-0.05, 0) is 12.8 Å². The molecule has 16 nitrogen and oxygen atoms in total. The molecule has 2 fully saturated rings. The predicted molar refractivity (Wildman–Crippen MR) is 103 cm³/mol. The summed E-state index contributed by atoms with van der Waals surface area (Å²) in [6, 6.07) is 0. The Hall–Kier alpha value is -2.96. The number of carbonyl (C=O) groups is 6. The van der Waals surface area contributed by atoms with E-state index in [0.717, 1.165) is 0 Å². The highest BCUT2D eigenvalue weighted by Gasteiger charge is 2.49. The van der Waals surface area contributed by atoms with Crippen LogP contribution in [0.5, 0.6) is 0 Å². The van der Waals surface area contributed by atoms with Crippen molar-refractivity contribution in [2.75, 3.05) is 0 Å². The highest BCUT2D eigenvalue weighted by molar-refractivity contribution is 7.87. The average molecular weight is 528 g/mol. The van der Waals surface area contributed by atoms with Gasteiger partial charge in [0, 0.05) is 12.8 Å². The molecular formula is C16H20N2O14S2. The summed E-state index contributed by atoms with van der Waals surface area (Å²) in [5, 5.41) is -4.08. The van der Waals surface area contributed by atoms with Crippen molar-refractivity contribution in [3.63, 3.8) is 0 Å². The summed E-state index contributed by atoms with van der Waals surface area (Å²) in [6.45, 7) is 0. The SMILES string of the molecule is O=C(CCCCCCC(=O)ON1C(=O)C[C@H](S(=O)(=O)O)C1=O)ON1C(=O)C[C@@H](S(=O)(=O)O)C1=O. The van der Waals surface area contributed by atoms with E-state index in [2.05, 4.69) is 9.68 Å². The Labute approximate surface area is 192 Å². The zero-order valence-electron chi connectivity index (χ0n) is 17.3. The summed E-state index contributed by atoms with van der Waals surface area (Å²) >= 11 is 0. The molecule has 34 heavy (non-hydrogen) atoms. The van der Waals surface area contributed by atoms with Crippen LogP contribution in [-0.2, 0) is 58.7 Å². The van der Waals surface area contributed by atoms with Gasteiger partial charge >= 0.3 is 11.9 Å². The summed E-state index contributed by atoms with van der Waals surface area (Å²) < 4.78 is 61.9. The summed E-state index contributed by atoms with van der Waals surface area (Å²) in [7, 11) is -9.66. The van der Waals surface area contributed by atoms with Crippen molar-refractivity contribution in [2.24, 2.45) is 0 Å². The smallest absolute Gasteiger partial charge is 0.330 e. The largest absolute Gasteiger partial charge is 0.333 e. The minimum absolute atomic E-state index is 0.00962. The molecule has 0 aromatic rings. The van der Waals surface area contributed by atoms with Gasteiger partial charge in [-0.15, -0.1) is 10.1 Å². The van der Waals surface area contributed by atoms with Gasteiger partial charge in [0.25, 0.3) is 43.9 Å². The lowest BCUT2D eigenvalue weighted by Gasteiger charge is -2.13. The standard InChI is InChI=1S/C16H20N2O14S2/c19-11-7-9(33(25,26)27)15(23)17(11)31-13(21)5-3-1-2-4-6-14(22)32-18-12(20)8-10(16(18)24)34(28,29)30/h9-10H,1-8H2,(H,25,26,27)(H,28,29,30)/t9-,10+. The Balaban J connectivity index is 1.65. The molecule has 0 radical (unpaired) electrons. The number of nitrogens with zero attached hydrogens (tertiary/aromatic N) is 2. The van der Waals surface area contributed by atoms with Gasteiger partial charge in [-0.25, -0.2) is 9.59 Å². The number of carbonyl (C=O) groups excluding carboxylic acids is 6. The van der Waals surface area contributed by atoms with E-state index < -0.39 is 79.1 Å². The lowest BCUT2D eigenvalue weighted by Crippen LogP contribution is -2.36. The maximum atomic E-state index is 11.8. The fourth-order valence-corrected chi connectivity index (χ4v) is 4.42. The fourth-order valence-electron chi connectivity index (χ4n) is 3.01. The first-order valence-electron chi connectivity index (χ1n) is 9.70. The second-order valence-corrected chi connectivity index (χ2v) is 10.5. The minimum Gasteiger partial charge on any atom is -0.330 e. The molecule has 0 aliphatic carbocycles. The molecule has 4 amide bonds. The van der Waals surface area contributed by atoms with E-state index in [4.69, 9.17) is 9.11 Å². The van der Waals surface area contributed by atoms with E-state index in [1.165, 1.54) is 0 Å². The third-order valence-electron chi connectivity index (χ3n) is 4.74. The van der Waals surface area contributed by atoms with E-state index in [1.54, 1.807) is 0 Å². The zero-order chi connectivity index (χ0) is 25.8. The van der Waals surface area contributed by atoms with Crippen molar-refractivity contribution >= 4 is 55.8 Å². The highest BCUT2D eigenvalue weighted by Crippen LogP contribution is 2.21. The Morgan fingerprint density at radius 1 is 0.706 bits per heavy atom. The number of amides is 4. The molecule has 0 aromatic carbocycles. The summed E-state index contributed by atoms with van der Waals surface area (Å²) in [6.07, 6.45) is -1.10. The van der Waals surface area contributed by atoms with Gasteiger partial charge in [0.15, 0.2) is 10.5 Å². The molecule has 2 aliphatic heterocycles. The Bertz CT molecular complexity index is 1020. The highest BCUT2D eigenvalue weighted by atomic mass is 32.2. The van der Waals surface area contributed by atoms with Crippen LogP contribution in [0.2, 0.25) is 0 Å². The van der Waals surface area contributed by atoms with Crippen LogP contribution >= 0.6 is 0 Å². The minimum atomic E-state index is -4.83. The van der Waals surface area contributed by atoms with Gasteiger partial charge in [0.2, 0.25) is 0 Å². The maximum absolute atomic E-state index is 11.8. The molecule has 0 saturated carbocycles. The van der Waals surface area contributed by atoms with E-state index in [0.29, 0.717) is 12.8 Å². The fraction of sp³-hybridized carbons (Fsp3) is 0.625. The molecule has 2 N–H and O–H groups in total. The molecule has 190 valence electrons. The van der Waals surface area contributed by atoms with Crippen LogP contribution in [0.3, 0.4) is 0 Å². The van der Waals surface area contributed by atoms with Crippen molar-refractivity contribution in [1.82, 2.24) is 10.1 Å². The van der Waals surface area contributed by atoms with Crippen LogP contribution in [0.1, 0.15) is 51.4 Å². The maximum Gasteiger partial charge on any atom is 0.333 e. The Morgan fingerprint density at radius 3 is 1.29 bits per heavy atom. The van der Waals surface area contributed by atoms with Crippen molar-refractivity contribution < 1.29 is 64.4 Å². The average Bonchev–Trinajstić information content (AvgIpc) is 3.15. The summed E-state index contributed by atoms with van der Waals surface area (Å²) in [5.74, 6) is -6.96. The lowest BCUT2D eigenvalue weighted by atomic mass is 10.1. The molecular weight excluding hydrogens is 508 g/mol. The zero-order valence-corrected chi connectivity index (χ0v) is 18.9. The molecule has 0 aromatic heterocycles. The van der Waals surface area contributed by atoms with Crippen molar-refractivity contribution in [3.8, 4) is 0 Å². The molecule has 2 rings (SSSR count). The topological polar surface area (TPSA) is 236 Å². The van der Waals surface area contributed by atoms with E-state index in [9.17, 15) is 45.6 Å². The van der Waals surface area contributed by atoms with Gasteiger partial charge in [-0.1, -0.05) is 12.8 Å². The van der Waals surface area contributed by atoms with Gasteiger partial charge in [0.05, 0.1) is 12.8 Å². The van der Waals surface area contributed by atoms with Crippen LogP contribution < -0.4 is 0 Å². The summed E-state index contributed by atoms with van der Waals surface area (Å²) in [4.78, 5) is 79.4. The van der Waals surface area contributed by atoms with Gasteiger partial charge < -0.3 is 9.68 Å². The number of imide groups is 2. The predicted octanol–water partition coefficient (Wildman–Crippen LogP) is -1.73. The summed E-state index contributed by atoms with van der Waals surface area (Å²) in [5.41, 5.74) is 0. The molecule has 0 spiro atoms. The number of hydrogen-bond donors (Lipinski definition) is 2. The number of unbranched alkanes of at least 4 members (excludes halogenated alkanes) is 3. The molecule has 0 unspecified atom stereocenters. The van der Waals surface area contributed by atoms with Crippen LogP contribution in [0.4, 0.5) is 0 Å². The van der Waals surface area contributed by atoms with E-state index >= 15 is 0 Å². The third kappa shape index (κ3) is 6.78. The molecule has 2 saturated heterocycles. The van der Waals surface area contributed by atoms with Crippen LogP contribution in [-0.4, -0.2) is 82.1 Å². The first kappa shape index (κ1) is 27.3. The van der Waals surface area contributed by atoms with Gasteiger partial charge in [0.1, 0.15) is 0 Å². The quantitative estimate of drug-likeness (QED) is 0.172. The molecule has 18 heteroatoms. The molecule has 2 heterocycles. The first-order chi connectivity index (χ1) is 15.6. The number of hydrogen-bond acceptors (Lipinski definition) is 12. The Morgan fingerprint density at radius 2 is 1.03 bits per heavy atom. The molecule has 2 atom stereocenters. The van der Waals surface area contributed by atoms with Crippen LogP contribution in [0, 0.1) is 0 Å².